The maximum absolute atomic E-state index is 11.7. The summed E-state index contributed by atoms with van der Waals surface area (Å²) in [6.45, 7) is 0. The molecule has 0 aliphatic rings. The number of carbonyl (C=O) groups is 1. The number of hydrogen-bond donors (Lipinski definition) is 4. The average Bonchev–Trinajstić information content (AvgIpc) is 2.23. The van der Waals surface area contributed by atoms with Crippen LogP contribution in [0.25, 0.3) is 0 Å². The zero-order chi connectivity index (χ0) is 12.9. The van der Waals surface area contributed by atoms with Crippen molar-refractivity contribution >= 4 is 31.4 Å². The summed E-state index contributed by atoms with van der Waals surface area (Å²) in [6.07, 6.45) is 0.374. The minimum absolute atomic E-state index is 0.0580. The van der Waals surface area contributed by atoms with Crippen molar-refractivity contribution in [3.05, 3.63) is 29.8 Å². The summed E-state index contributed by atoms with van der Waals surface area (Å²) in [5, 5.41) is -0.149. The van der Waals surface area contributed by atoms with E-state index in [1.54, 1.807) is 24.3 Å². The number of anilines is 1. The second-order valence-corrected chi connectivity index (χ2v) is 6.72. The van der Waals surface area contributed by atoms with E-state index in [1.807, 2.05) is 0 Å². The summed E-state index contributed by atoms with van der Waals surface area (Å²) in [5.41, 5.74) is 6.53. The second kappa shape index (κ2) is 6.17. The van der Waals surface area contributed by atoms with Crippen molar-refractivity contribution in [3.63, 3.8) is 0 Å². The molecule has 0 amide bonds. The number of benzene rings is 1. The first kappa shape index (κ1) is 14.2. The van der Waals surface area contributed by atoms with E-state index in [-0.39, 0.29) is 11.2 Å². The highest BCUT2D eigenvalue weighted by Gasteiger charge is 2.25. The Morgan fingerprint density at radius 2 is 1.94 bits per heavy atom. The van der Waals surface area contributed by atoms with Crippen LogP contribution in [-0.2, 0) is 0 Å². The predicted molar refractivity (Wildman–Crippen MR) is 69.5 cm³/mol. The molecule has 17 heavy (non-hydrogen) atoms. The summed E-state index contributed by atoms with van der Waals surface area (Å²) < 4.78 is 0. The van der Waals surface area contributed by atoms with Gasteiger partial charge in [-0.1, -0.05) is 23.9 Å². The molecule has 0 spiro atoms. The first-order valence-electron chi connectivity index (χ1n) is 5.09. The van der Waals surface area contributed by atoms with Crippen LogP contribution in [0.3, 0.4) is 0 Å². The van der Waals surface area contributed by atoms with Crippen LogP contribution in [0.5, 0.6) is 0 Å². The third-order valence-electron chi connectivity index (χ3n) is 2.07. The van der Waals surface area contributed by atoms with Crippen molar-refractivity contribution in [1.29, 1.82) is 0 Å². The van der Waals surface area contributed by atoms with E-state index in [4.69, 9.17) is 20.1 Å². The van der Waals surface area contributed by atoms with Crippen molar-refractivity contribution in [3.8, 4) is 0 Å². The Bertz CT molecular complexity index is 394. The zero-order valence-corrected chi connectivity index (χ0v) is 11.0. The Balaban J connectivity index is 2.39. The van der Waals surface area contributed by atoms with E-state index in [2.05, 4.69) is 0 Å². The molecule has 0 aliphatic heterocycles. The third kappa shape index (κ3) is 5.33. The first-order chi connectivity index (χ1) is 7.90. The molecule has 0 heterocycles. The van der Waals surface area contributed by atoms with Crippen LogP contribution in [0.15, 0.2) is 24.3 Å². The highest BCUT2D eigenvalue weighted by atomic mass is 32.2. The molecule has 0 saturated carbocycles. The number of nitrogens with two attached hydrogens (primary N) is 1. The van der Waals surface area contributed by atoms with Gasteiger partial charge in [0.05, 0.1) is 5.56 Å². The molecular formula is C10H15NO4SSi. The molecule has 5 nitrogen and oxygen atoms in total. The van der Waals surface area contributed by atoms with Crippen molar-refractivity contribution < 1.29 is 19.2 Å². The van der Waals surface area contributed by atoms with Crippen LogP contribution >= 0.6 is 11.8 Å². The lowest BCUT2D eigenvalue weighted by Gasteiger charge is -2.08. The van der Waals surface area contributed by atoms with Gasteiger partial charge in [-0.2, -0.15) is 0 Å². The highest BCUT2D eigenvalue weighted by Crippen LogP contribution is 2.19. The van der Waals surface area contributed by atoms with Crippen molar-refractivity contribution in [2.75, 3.05) is 11.5 Å². The molecule has 5 N–H and O–H groups in total. The molecule has 0 fully saturated rings. The number of carbonyl (C=O) groups excluding carboxylic acids is 1. The van der Waals surface area contributed by atoms with Gasteiger partial charge in [-0.15, -0.1) is 0 Å². The van der Waals surface area contributed by atoms with Gasteiger partial charge in [-0.25, -0.2) is 0 Å². The van der Waals surface area contributed by atoms with E-state index in [0.717, 1.165) is 11.8 Å². The Kier molecular flexibility index (Phi) is 5.16. The van der Waals surface area contributed by atoms with Gasteiger partial charge < -0.3 is 20.1 Å². The second-order valence-electron chi connectivity index (χ2n) is 3.60. The molecule has 1 aromatic rings. The quantitative estimate of drug-likeness (QED) is 0.353. The van der Waals surface area contributed by atoms with E-state index in [0.29, 0.717) is 23.4 Å². The first-order valence-corrected chi connectivity index (χ1v) is 8.12. The van der Waals surface area contributed by atoms with Crippen LogP contribution in [0.4, 0.5) is 5.69 Å². The molecule has 0 radical (unpaired) electrons. The molecule has 0 unspecified atom stereocenters. The molecule has 0 saturated heterocycles. The molecular weight excluding hydrogens is 258 g/mol. The lowest BCUT2D eigenvalue weighted by atomic mass is 10.2. The van der Waals surface area contributed by atoms with E-state index in [9.17, 15) is 4.79 Å². The van der Waals surface area contributed by atoms with Gasteiger partial charge in [0.15, 0.2) is 0 Å². The maximum Gasteiger partial charge on any atom is 0.492 e. The van der Waals surface area contributed by atoms with Crippen LogP contribution in [0, 0.1) is 0 Å². The lowest BCUT2D eigenvalue weighted by Crippen LogP contribution is -2.34. The van der Waals surface area contributed by atoms with Gasteiger partial charge in [0.1, 0.15) is 0 Å². The summed E-state index contributed by atoms with van der Waals surface area (Å²) in [7, 11) is -3.97. The molecule has 0 aliphatic carbocycles. The third-order valence-corrected chi connectivity index (χ3v) is 4.07. The lowest BCUT2D eigenvalue weighted by molar-refractivity contribution is 0.108. The molecule has 7 heteroatoms. The normalized spacial score (nSPS) is 11.5. The van der Waals surface area contributed by atoms with E-state index in [1.165, 1.54) is 0 Å². The van der Waals surface area contributed by atoms with Gasteiger partial charge >= 0.3 is 8.80 Å². The molecule has 0 aromatic heterocycles. The fourth-order valence-corrected chi connectivity index (χ4v) is 2.96. The van der Waals surface area contributed by atoms with E-state index >= 15 is 0 Å². The number of para-hydroxylation sites is 1. The van der Waals surface area contributed by atoms with Crippen LogP contribution in [0.1, 0.15) is 16.8 Å². The van der Waals surface area contributed by atoms with Gasteiger partial charge in [0.25, 0.3) is 0 Å². The Labute approximate surface area is 105 Å². The van der Waals surface area contributed by atoms with Gasteiger partial charge in [-0.3, -0.25) is 4.79 Å². The number of nitrogen functional groups attached to an aromatic ring is 1. The molecule has 1 aromatic carbocycles. The standard InChI is InChI=1S/C10H15NO4SSi/c11-9-5-2-1-4-8(9)10(12)16-6-3-7-17(13,14)15/h1-2,4-5,13-15H,3,6-7,11H2. The fraction of sp³-hybridized carbons (Fsp3) is 0.300. The summed E-state index contributed by atoms with van der Waals surface area (Å²) >= 11 is 1.05. The zero-order valence-electron chi connectivity index (χ0n) is 9.17. The van der Waals surface area contributed by atoms with Crippen LogP contribution in [-0.4, -0.2) is 34.1 Å². The van der Waals surface area contributed by atoms with Crippen molar-refractivity contribution in [2.45, 2.75) is 12.5 Å². The smallest absolute Gasteiger partial charge is 0.398 e. The monoisotopic (exact) mass is 273 g/mol. The average molecular weight is 273 g/mol. The van der Waals surface area contributed by atoms with Gasteiger partial charge in [0, 0.05) is 17.5 Å². The molecule has 94 valence electrons. The van der Waals surface area contributed by atoms with Crippen LogP contribution in [0.2, 0.25) is 6.04 Å². The Morgan fingerprint density at radius 1 is 1.29 bits per heavy atom. The minimum atomic E-state index is -3.97. The minimum Gasteiger partial charge on any atom is -0.398 e. The Morgan fingerprint density at radius 3 is 2.53 bits per heavy atom. The van der Waals surface area contributed by atoms with Crippen LogP contribution < -0.4 is 5.73 Å². The van der Waals surface area contributed by atoms with E-state index < -0.39 is 8.80 Å². The number of hydrogen-bond acceptors (Lipinski definition) is 6. The highest BCUT2D eigenvalue weighted by molar-refractivity contribution is 8.14. The SMILES string of the molecule is Nc1ccccc1C(=O)SCCC[Si](O)(O)O. The van der Waals surface area contributed by atoms with Crippen molar-refractivity contribution in [1.82, 2.24) is 0 Å². The summed E-state index contributed by atoms with van der Waals surface area (Å²) in [6, 6.07) is 6.73. The fourth-order valence-electron chi connectivity index (χ4n) is 1.23. The number of thioether (sulfide) groups is 1. The molecule has 0 atom stereocenters. The predicted octanol–water partition coefficient (Wildman–Crippen LogP) is 0.448. The van der Waals surface area contributed by atoms with Crippen molar-refractivity contribution in [2.24, 2.45) is 0 Å². The summed E-state index contributed by atoms with van der Waals surface area (Å²) in [5.74, 6) is 0.420. The maximum atomic E-state index is 11.7. The molecule has 1 rings (SSSR count). The van der Waals surface area contributed by atoms with Gasteiger partial charge in [0.2, 0.25) is 5.12 Å². The Hall–Kier alpha value is -0.863. The summed E-state index contributed by atoms with van der Waals surface area (Å²) in [4.78, 5) is 38.0. The van der Waals surface area contributed by atoms with Gasteiger partial charge in [-0.05, 0) is 18.6 Å². The largest absolute Gasteiger partial charge is 0.492 e. The number of rotatable bonds is 5. The topological polar surface area (TPSA) is 104 Å². The molecule has 0 bridgehead atoms.